The molecule has 1 aliphatic rings. The molecule has 0 spiro atoms. The normalized spacial score (nSPS) is 20.7. The number of amides is 3. The summed E-state index contributed by atoms with van der Waals surface area (Å²) in [6, 6.07) is 7.68. The number of carbonyl (C=O) groups excluding carboxylic acids is 4. The van der Waals surface area contributed by atoms with Gasteiger partial charge in [-0.1, -0.05) is 71.4 Å². The maximum absolute atomic E-state index is 14.4. The molecule has 1 aliphatic heterocycles. The number of ether oxygens (including phenoxy) is 1. The van der Waals surface area contributed by atoms with Crippen LogP contribution in [0.2, 0.25) is 0 Å². The summed E-state index contributed by atoms with van der Waals surface area (Å²) < 4.78 is 6.42. The molecular weight excluding hydrogens is 719 g/mol. The van der Waals surface area contributed by atoms with E-state index in [0.29, 0.717) is 22.3 Å². The Hall–Kier alpha value is -3.84. The second-order valence-corrected chi connectivity index (χ2v) is 17.9. The van der Waals surface area contributed by atoms with Gasteiger partial charge in [0, 0.05) is 44.3 Å². The number of carbonyl (C=O) groups is 5. The third-order valence-corrected chi connectivity index (χ3v) is 12.7. The number of likely N-dealkylation sites (N-methyl/N-ethyl adjacent to an activating group) is 2. The van der Waals surface area contributed by atoms with Crippen molar-refractivity contribution in [3.63, 3.8) is 0 Å². The average Bonchev–Trinajstić information content (AvgIpc) is 3.62. The molecule has 2 aromatic rings. The zero-order valence-corrected chi connectivity index (χ0v) is 35.7. The number of piperidine rings is 1. The first-order valence-corrected chi connectivity index (χ1v) is 20.7. The third kappa shape index (κ3) is 12.1. The van der Waals surface area contributed by atoms with Crippen LogP contribution in [0.1, 0.15) is 128 Å². The van der Waals surface area contributed by atoms with E-state index >= 15 is 0 Å². The van der Waals surface area contributed by atoms with Gasteiger partial charge in [0.1, 0.15) is 16.7 Å². The molecular formula is C42H66N5O7S+. The molecule has 0 saturated carbocycles. The third-order valence-electron chi connectivity index (χ3n) is 11.8. The number of thiazole rings is 1. The van der Waals surface area contributed by atoms with Crippen molar-refractivity contribution in [3.8, 4) is 0 Å². The summed E-state index contributed by atoms with van der Waals surface area (Å²) in [6.07, 6.45) is 3.53. The van der Waals surface area contributed by atoms with Crippen LogP contribution < -0.4 is 10.6 Å². The van der Waals surface area contributed by atoms with Crippen molar-refractivity contribution in [2.75, 3.05) is 20.6 Å². The standard InChI is InChI=1S/C42H65N5O7S/c1-12-27(4)36(45-38(50)34-20-16-17-21-47(34,11)42(7,8)9)40(51)46(10)33(26(2)3)24-35(54-29(6)48)39-44-32(25-55-39)37(49)43-31(22-28(5)41(52)53)23-30-18-14-13-15-19-30/h13-15,18-19,25-28,31,33-36H,12,16-17,20-24H2,1-11H3,(H2-,43,45,49,50,52,53)/p+1/t27-,28-,31+,33+,34+,35+,36-,47?/m0/s1. The quantitative estimate of drug-likeness (QED) is 0.116. The van der Waals surface area contributed by atoms with E-state index in [0.717, 1.165) is 31.4 Å². The average molecular weight is 785 g/mol. The summed E-state index contributed by atoms with van der Waals surface area (Å²) in [5.41, 5.74) is 0.943. The van der Waals surface area contributed by atoms with E-state index in [-0.39, 0.29) is 53.8 Å². The number of aromatic nitrogens is 1. The molecule has 306 valence electrons. The Morgan fingerprint density at radius 1 is 1.04 bits per heavy atom. The van der Waals surface area contributed by atoms with Crippen molar-refractivity contribution in [2.45, 2.75) is 143 Å². The summed E-state index contributed by atoms with van der Waals surface area (Å²) in [7, 11) is 3.89. The Balaban J connectivity index is 1.85. The molecule has 0 aliphatic carbocycles. The molecule has 3 N–H and O–H groups in total. The number of carboxylic acid groups (broad SMARTS) is 1. The van der Waals surface area contributed by atoms with Gasteiger partial charge in [-0.3, -0.25) is 24.0 Å². The van der Waals surface area contributed by atoms with E-state index < -0.39 is 48.0 Å². The number of hydrogen-bond acceptors (Lipinski definition) is 8. The van der Waals surface area contributed by atoms with E-state index in [9.17, 15) is 29.1 Å². The minimum absolute atomic E-state index is 0.0582. The molecule has 1 aromatic carbocycles. The van der Waals surface area contributed by atoms with Gasteiger partial charge in [0.25, 0.3) is 11.8 Å². The summed E-state index contributed by atoms with van der Waals surface area (Å²) in [5, 5.41) is 17.8. The number of benzene rings is 1. The van der Waals surface area contributed by atoms with Gasteiger partial charge in [-0.05, 0) is 63.9 Å². The fourth-order valence-electron chi connectivity index (χ4n) is 7.64. The minimum Gasteiger partial charge on any atom is -0.481 e. The van der Waals surface area contributed by atoms with Crippen molar-refractivity contribution in [3.05, 3.63) is 52.0 Å². The summed E-state index contributed by atoms with van der Waals surface area (Å²) >= 11 is 1.19. The fraction of sp³-hybridized carbons (Fsp3) is 0.667. The first-order valence-electron chi connectivity index (χ1n) is 19.8. The topological polar surface area (TPSA) is 155 Å². The number of aliphatic carboxylic acids is 1. The van der Waals surface area contributed by atoms with E-state index in [2.05, 4.69) is 43.4 Å². The number of hydrogen-bond donors (Lipinski definition) is 3. The molecule has 8 atom stereocenters. The van der Waals surface area contributed by atoms with Crippen LogP contribution in [0.15, 0.2) is 35.7 Å². The number of carboxylic acids is 1. The second kappa shape index (κ2) is 19.8. The number of esters is 1. The van der Waals surface area contributed by atoms with Crippen molar-refractivity contribution in [1.29, 1.82) is 0 Å². The number of nitrogens with one attached hydrogen (secondary N) is 2. The van der Waals surface area contributed by atoms with Crippen LogP contribution >= 0.6 is 11.3 Å². The van der Waals surface area contributed by atoms with E-state index in [1.165, 1.54) is 18.3 Å². The van der Waals surface area contributed by atoms with Crippen molar-refractivity contribution in [2.24, 2.45) is 17.8 Å². The van der Waals surface area contributed by atoms with Crippen LogP contribution in [0.3, 0.4) is 0 Å². The lowest BCUT2D eigenvalue weighted by molar-refractivity contribution is -0.971. The lowest BCUT2D eigenvalue weighted by Crippen LogP contribution is -2.69. The lowest BCUT2D eigenvalue weighted by atomic mass is 9.89. The number of rotatable bonds is 18. The minimum atomic E-state index is -0.944. The zero-order valence-electron chi connectivity index (χ0n) is 34.9. The van der Waals surface area contributed by atoms with Crippen molar-refractivity contribution in [1.82, 2.24) is 20.5 Å². The van der Waals surface area contributed by atoms with Gasteiger partial charge in [0.2, 0.25) is 5.91 Å². The van der Waals surface area contributed by atoms with Crippen molar-refractivity contribution < 1.29 is 38.3 Å². The van der Waals surface area contributed by atoms with Crippen LogP contribution in [0.4, 0.5) is 0 Å². The van der Waals surface area contributed by atoms with Crippen LogP contribution in [0.5, 0.6) is 0 Å². The number of likely N-dealkylation sites (tertiary alicyclic amines) is 1. The van der Waals surface area contributed by atoms with Gasteiger partial charge in [0.05, 0.1) is 25.0 Å². The Labute approximate surface area is 332 Å². The highest BCUT2D eigenvalue weighted by Gasteiger charge is 2.49. The largest absolute Gasteiger partial charge is 0.481 e. The summed E-state index contributed by atoms with van der Waals surface area (Å²) in [5.74, 6) is -3.09. The number of nitrogens with zero attached hydrogens (tertiary/aromatic N) is 3. The van der Waals surface area contributed by atoms with Crippen LogP contribution in [-0.4, -0.2) is 99.5 Å². The molecule has 1 unspecified atom stereocenters. The summed E-state index contributed by atoms with van der Waals surface area (Å²) in [4.78, 5) is 72.5. The van der Waals surface area contributed by atoms with Gasteiger partial charge in [-0.2, -0.15) is 0 Å². The summed E-state index contributed by atoms with van der Waals surface area (Å²) in [6.45, 7) is 18.3. The highest BCUT2D eigenvalue weighted by molar-refractivity contribution is 7.09. The lowest BCUT2D eigenvalue weighted by Gasteiger charge is -2.52. The van der Waals surface area contributed by atoms with E-state index in [4.69, 9.17) is 4.74 Å². The second-order valence-electron chi connectivity index (χ2n) is 17.0. The zero-order chi connectivity index (χ0) is 41.2. The Morgan fingerprint density at radius 2 is 1.69 bits per heavy atom. The molecule has 12 nitrogen and oxygen atoms in total. The Kier molecular flexibility index (Phi) is 16.4. The fourth-order valence-corrected chi connectivity index (χ4v) is 8.48. The molecule has 55 heavy (non-hydrogen) atoms. The van der Waals surface area contributed by atoms with Crippen LogP contribution in [0, 0.1) is 17.8 Å². The highest BCUT2D eigenvalue weighted by atomic mass is 32.1. The number of quaternary nitrogens is 1. The molecule has 1 aromatic heterocycles. The molecule has 13 heteroatoms. The van der Waals surface area contributed by atoms with Gasteiger partial charge >= 0.3 is 11.9 Å². The van der Waals surface area contributed by atoms with Crippen molar-refractivity contribution >= 4 is 41.0 Å². The van der Waals surface area contributed by atoms with Crippen LogP contribution in [-0.2, 0) is 30.3 Å². The van der Waals surface area contributed by atoms with Gasteiger partial charge in [-0.15, -0.1) is 11.3 Å². The highest BCUT2D eigenvalue weighted by Crippen LogP contribution is 2.34. The molecule has 2 heterocycles. The Bertz CT molecular complexity index is 1610. The van der Waals surface area contributed by atoms with Crippen LogP contribution in [0.25, 0.3) is 0 Å². The smallest absolute Gasteiger partial charge is 0.306 e. The van der Waals surface area contributed by atoms with E-state index in [1.807, 2.05) is 58.0 Å². The maximum Gasteiger partial charge on any atom is 0.306 e. The predicted molar refractivity (Wildman–Crippen MR) is 215 cm³/mol. The first kappa shape index (κ1) is 45.5. The Morgan fingerprint density at radius 3 is 2.25 bits per heavy atom. The molecule has 0 radical (unpaired) electrons. The predicted octanol–water partition coefficient (Wildman–Crippen LogP) is 6.40. The molecule has 3 rings (SSSR count). The van der Waals surface area contributed by atoms with Gasteiger partial charge in [0.15, 0.2) is 12.1 Å². The van der Waals surface area contributed by atoms with E-state index in [1.54, 1.807) is 24.3 Å². The SMILES string of the molecule is CC[C@H](C)[C@H](NC(=O)[C@H]1CCCC[N+]1(C)C(C)(C)C)C(=O)N(C)[C@H](C[C@@H](OC(C)=O)c1nc(C(=O)N[C@@H](Cc2ccccc2)C[C@H](C)C(=O)O)cs1)C(C)C. The molecule has 3 amide bonds. The first-order chi connectivity index (χ1) is 25.7. The molecule has 0 bridgehead atoms. The van der Waals surface area contributed by atoms with Gasteiger partial charge in [-0.25, -0.2) is 4.98 Å². The monoisotopic (exact) mass is 784 g/mol. The maximum atomic E-state index is 14.4. The molecule has 1 fully saturated rings. The molecule has 1 saturated heterocycles. The van der Waals surface area contributed by atoms with Gasteiger partial charge < -0.3 is 29.9 Å².